The molecule has 78 valence electrons. The third-order valence-corrected chi connectivity index (χ3v) is 1.85. The molecule has 1 aromatic carbocycles. The fraction of sp³-hybridized carbons (Fsp3) is 0.417. The van der Waals surface area contributed by atoms with Gasteiger partial charge in [-0.05, 0) is 13.8 Å². The van der Waals surface area contributed by atoms with E-state index < -0.39 is 0 Å². The lowest BCUT2D eigenvalue weighted by molar-refractivity contribution is -0.126. The van der Waals surface area contributed by atoms with Crippen molar-refractivity contribution in [2.75, 3.05) is 14.1 Å². The highest BCUT2D eigenvalue weighted by molar-refractivity contribution is 5.72. The van der Waals surface area contributed by atoms with Gasteiger partial charge in [0.15, 0.2) is 0 Å². The summed E-state index contributed by atoms with van der Waals surface area (Å²) in [4.78, 5) is 11.6. The number of hydrogen-bond acceptors (Lipinski definition) is 1. The number of amides is 1. The van der Waals surface area contributed by atoms with Crippen LogP contribution < -0.4 is 0 Å². The van der Waals surface area contributed by atoms with Crippen molar-refractivity contribution in [3.05, 3.63) is 35.4 Å². The maximum absolute atomic E-state index is 10.1. The number of benzene rings is 1. The molecule has 1 aromatic rings. The predicted molar refractivity (Wildman–Crippen MR) is 60.3 cm³/mol. The number of carbonyl (C=O) groups is 1. The fourth-order valence-electron chi connectivity index (χ4n) is 0.637. The van der Waals surface area contributed by atoms with Crippen molar-refractivity contribution in [2.45, 2.75) is 20.8 Å². The van der Waals surface area contributed by atoms with Gasteiger partial charge in [-0.3, -0.25) is 4.79 Å². The van der Waals surface area contributed by atoms with Crippen LogP contribution in [0.2, 0.25) is 0 Å². The van der Waals surface area contributed by atoms with E-state index >= 15 is 0 Å². The molecular formula is C12H19NO. The molecule has 0 saturated heterocycles. The van der Waals surface area contributed by atoms with E-state index in [2.05, 4.69) is 38.1 Å². The van der Waals surface area contributed by atoms with Gasteiger partial charge < -0.3 is 4.90 Å². The first-order chi connectivity index (χ1) is 6.43. The zero-order valence-corrected chi connectivity index (χ0v) is 9.66. The van der Waals surface area contributed by atoms with E-state index in [4.69, 9.17) is 0 Å². The summed E-state index contributed by atoms with van der Waals surface area (Å²) in [6.45, 7) is 5.72. The van der Waals surface area contributed by atoms with E-state index in [0.29, 0.717) is 0 Å². The maximum Gasteiger partial charge on any atom is 0.218 e. The minimum Gasteiger partial charge on any atom is -0.349 e. The molecule has 1 amide bonds. The van der Waals surface area contributed by atoms with E-state index in [-0.39, 0.29) is 5.91 Å². The van der Waals surface area contributed by atoms with Crippen molar-refractivity contribution in [3.63, 3.8) is 0 Å². The Bertz CT molecular complexity index is 254. The number of carbonyl (C=O) groups excluding carboxylic acids is 1. The lowest BCUT2D eigenvalue weighted by Crippen LogP contribution is -2.17. The molecule has 14 heavy (non-hydrogen) atoms. The first-order valence-electron chi connectivity index (χ1n) is 4.64. The molecule has 2 nitrogen and oxygen atoms in total. The summed E-state index contributed by atoms with van der Waals surface area (Å²) in [5, 5.41) is 0. The van der Waals surface area contributed by atoms with Crippen LogP contribution in [0.3, 0.4) is 0 Å². The summed E-state index contributed by atoms with van der Waals surface area (Å²) < 4.78 is 0. The van der Waals surface area contributed by atoms with Crippen LogP contribution in [0.15, 0.2) is 24.3 Å². The fourth-order valence-corrected chi connectivity index (χ4v) is 0.637. The predicted octanol–water partition coefficient (Wildman–Crippen LogP) is 2.40. The normalized spacial score (nSPS) is 8.64. The highest BCUT2D eigenvalue weighted by Crippen LogP contribution is 1.99. The zero-order valence-electron chi connectivity index (χ0n) is 9.66. The number of aryl methyl sites for hydroxylation is 2. The van der Waals surface area contributed by atoms with Crippen molar-refractivity contribution in [1.82, 2.24) is 4.90 Å². The van der Waals surface area contributed by atoms with Crippen LogP contribution in [-0.4, -0.2) is 24.9 Å². The van der Waals surface area contributed by atoms with Gasteiger partial charge in [-0.15, -0.1) is 0 Å². The van der Waals surface area contributed by atoms with E-state index in [9.17, 15) is 4.79 Å². The van der Waals surface area contributed by atoms with Crippen LogP contribution in [0.4, 0.5) is 0 Å². The molecule has 0 aromatic heterocycles. The van der Waals surface area contributed by atoms with Crippen LogP contribution in [0.5, 0.6) is 0 Å². The summed E-state index contributed by atoms with van der Waals surface area (Å²) >= 11 is 0. The van der Waals surface area contributed by atoms with Crippen molar-refractivity contribution >= 4 is 5.91 Å². The molecule has 0 aliphatic carbocycles. The van der Waals surface area contributed by atoms with Crippen molar-refractivity contribution in [3.8, 4) is 0 Å². The number of nitrogens with zero attached hydrogens (tertiary/aromatic N) is 1. The Balaban J connectivity index is 0.000000255. The zero-order chi connectivity index (χ0) is 11.1. The molecule has 0 radical (unpaired) electrons. The molecule has 0 atom stereocenters. The molecule has 0 spiro atoms. The lowest BCUT2D eigenvalue weighted by Gasteiger charge is -2.02. The SMILES string of the molecule is CC(=O)N(C)C.Cc1ccc(C)cc1. The molecule has 2 heteroatoms. The number of hydrogen-bond donors (Lipinski definition) is 0. The van der Waals surface area contributed by atoms with Gasteiger partial charge in [0, 0.05) is 21.0 Å². The molecule has 0 N–H and O–H groups in total. The van der Waals surface area contributed by atoms with Gasteiger partial charge in [-0.25, -0.2) is 0 Å². The Morgan fingerprint density at radius 3 is 1.36 bits per heavy atom. The Morgan fingerprint density at radius 1 is 1.00 bits per heavy atom. The molecule has 0 heterocycles. The van der Waals surface area contributed by atoms with Crippen LogP contribution in [-0.2, 0) is 4.79 Å². The largest absolute Gasteiger partial charge is 0.349 e. The van der Waals surface area contributed by atoms with E-state index in [1.165, 1.54) is 23.0 Å². The summed E-state index contributed by atoms with van der Waals surface area (Å²) in [7, 11) is 3.45. The molecule has 0 aliphatic heterocycles. The Labute approximate surface area is 86.5 Å². The third kappa shape index (κ3) is 6.23. The quantitative estimate of drug-likeness (QED) is 0.619. The first-order valence-corrected chi connectivity index (χ1v) is 4.64. The smallest absolute Gasteiger partial charge is 0.218 e. The van der Waals surface area contributed by atoms with Gasteiger partial charge in [-0.2, -0.15) is 0 Å². The van der Waals surface area contributed by atoms with Crippen LogP contribution in [0.25, 0.3) is 0 Å². The minimum atomic E-state index is 0.0926. The topological polar surface area (TPSA) is 20.3 Å². The second-order valence-electron chi connectivity index (χ2n) is 3.57. The molecular weight excluding hydrogens is 174 g/mol. The Hall–Kier alpha value is -1.31. The van der Waals surface area contributed by atoms with Crippen molar-refractivity contribution in [2.24, 2.45) is 0 Å². The standard InChI is InChI=1S/C8H10.C4H9NO/c1-7-3-5-8(2)6-4-7;1-4(6)5(2)3/h3-6H,1-2H3;1-3H3. The average Bonchev–Trinajstić information content (AvgIpc) is 2.11. The Kier molecular flexibility index (Phi) is 5.61. The van der Waals surface area contributed by atoms with E-state index in [1.807, 2.05) is 0 Å². The molecule has 0 fully saturated rings. The van der Waals surface area contributed by atoms with E-state index in [1.54, 1.807) is 14.1 Å². The summed E-state index contributed by atoms with van der Waals surface area (Å²) in [6, 6.07) is 8.48. The second kappa shape index (κ2) is 6.19. The van der Waals surface area contributed by atoms with Gasteiger partial charge in [0.2, 0.25) is 5.91 Å². The van der Waals surface area contributed by atoms with Crippen molar-refractivity contribution in [1.29, 1.82) is 0 Å². The average molecular weight is 193 g/mol. The van der Waals surface area contributed by atoms with Crippen LogP contribution >= 0.6 is 0 Å². The number of rotatable bonds is 0. The van der Waals surface area contributed by atoms with Gasteiger partial charge in [0.05, 0.1) is 0 Å². The van der Waals surface area contributed by atoms with Crippen LogP contribution in [0.1, 0.15) is 18.1 Å². The highest BCUT2D eigenvalue weighted by atomic mass is 16.2. The van der Waals surface area contributed by atoms with Gasteiger partial charge in [-0.1, -0.05) is 35.4 Å². The van der Waals surface area contributed by atoms with Gasteiger partial charge in [0.1, 0.15) is 0 Å². The summed E-state index contributed by atoms with van der Waals surface area (Å²) in [6.07, 6.45) is 0. The molecule has 0 aliphatic rings. The Morgan fingerprint density at radius 2 is 1.21 bits per heavy atom. The lowest BCUT2D eigenvalue weighted by atomic mass is 10.2. The van der Waals surface area contributed by atoms with E-state index in [0.717, 1.165) is 0 Å². The van der Waals surface area contributed by atoms with Crippen molar-refractivity contribution < 1.29 is 4.79 Å². The third-order valence-electron chi connectivity index (χ3n) is 1.85. The summed E-state index contributed by atoms with van der Waals surface area (Å²) in [5.41, 5.74) is 2.66. The molecule has 0 saturated carbocycles. The summed E-state index contributed by atoms with van der Waals surface area (Å²) in [5.74, 6) is 0.0926. The molecule has 0 unspecified atom stereocenters. The maximum atomic E-state index is 10.1. The first kappa shape index (κ1) is 12.7. The van der Waals surface area contributed by atoms with Gasteiger partial charge >= 0.3 is 0 Å². The second-order valence-corrected chi connectivity index (χ2v) is 3.57. The minimum absolute atomic E-state index is 0.0926. The van der Waals surface area contributed by atoms with Gasteiger partial charge in [0.25, 0.3) is 0 Å². The molecule has 1 rings (SSSR count). The highest BCUT2D eigenvalue weighted by Gasteiger charge is 1.87. The van der Waals surface area contributed by atoms with Crippen LogP contribution in [0, 0.1) is 13.8 Å². The molecule has 0 bridgehead atoms. The monoisotopic (exact) mass is 193 g/mol.